The Balaban J connectivity index is 2.02. The smallest absolute Gasteiger partial charge is 0.354 e. The Labute approximate surface area is 194 Å². The van der Waals surface area contributed by atoms with Crippen molar-refractivity contribution in [2.45, 2.75) is 0 Å². The van der Waals surface area contributed by atoms with E-state index in [9.17, 15) is 0 Å². The van der Waals surface area contributed by atoms with Crippen molar-refractivity contribution < 1.29 is 18.6 Å². The van der Waals surface area contributed by atoms with Crippen molar-refractivity contribution in [3.05, 3.63) is 113 Å². The fourth-order valence-electron chi connectivity index (χ4n) is 4.07. The van der Waals surface area contributed by atoms with Crippen LogP contribution in [0.1, 0.15) is 11.1 Å². The Morgan fingerprint density at radius 2 is 1.33 bits per heavy atom. The SMILES string of the molecule is COC1=CC=CC(=[O+]C)C1=C(c1ccc(-c2ccccc2)cc1)c1c(OC)cccc1OC. The largest absolute Gasteiger partial charge is 0.496 e. The van der Waals surface area contributed by atoms with Gasteiger partial charge in [0.25, 0.3) is 7.11 Å². The summed E-state index contributed by atoms with van der Waals surface area (Å²) in [5, 5.41) is 0. The van der Waals surface area contributed by atoms with Crippen LogP contribution in [0.2, 0.25) is 0 Å². The molecule has 0 aliphatic heterocycles. The van der Waals surface area contributed by atoms with Gasteiger partial charge >= 0.3 is 5.78 Å². The van der Waals surface area contributed by atoms with Gasteiger partial charge in [0, 0.05) is 11.6 Å². The van der Waals surface area contributed by atoms with Crippen LogP contribution in [0.5, 0.6) is 11.5 Å². The second-order valence-electron chi connectivity index (χ2n) is 7.39. The summed E-state index contributed by atoms with van der Waals surface area (Å²) in [6, 6.07) is 24.5. The highest BCUT2D eigenvalue weighted by Gasteiger charge is 2.31. The number of rotatable bonds is 6. The van der Waals surface area contributed by atoms with Gasteiger partial charge in [-0.25, -0.2) is 0 Å². The number of benzene rings is 3. The standard InChI is InChI=1S/C29H27O4/c1-30-23-12-8-13-24(31-2)28(23)27(29-25(32-3)14-9-15-26(29)33-4)22-18-16-21(17-19-22)20-10-6-5-7-11-20/h5-19H,1-4H3/q+1. The van der Waals surface area contributed by atoms with Crippen LogP contribution in [0.15, 0.2) is 102 Å². The molecule has 1 aliphatic carbocycles. The lowest BCUT2D eigenvalue weighted by molar-refractivity contribution is -0.418. The number of carbonyl (C=O) groups excluding carboxylic acids is 1. The van der Waals surface area contributed by atoms with Crippen LogP contribution < -0.4 is 9.47 Å². The third-order valence-corrected chi connectivity index (χ3v) is 5.64. The van der Waals surface area contributed by atoms with Gasteiger partial charge in [-0.2, -0.15) is 0 Å². The van der Waals surface area contributed by atoms with Crippen LogP contribution in [0.3, 0.4) is 0 Å². The number of hydrogen-bond acceptors (Lipinski definition) is 3. The molecule has 0 atom stereocenters. The average molecular weight is 440 g/mol. The molecular formula is C29H27O4+. The summed E-state index contributed by atoms with van der Waals surface area (Å²) >= 11 is 0. The van der Waals surface area contributed by atoms with Crippen molar-refractivity contribution in [3.8, 4) is 22.6 Å². The van der Waals surface area contributed by atoms with Crippen molar-refractivity contribution in [2.75, 3.05) is 28.4 Å². The number of hydrogen-bond donors (Lipinski definition) is 0. The summed E-state index contributed by atoms with van der Waals surface area (Å²) in [4.78, 5) is 0. The Morgan fingerprint density at radius 3 is 1.91 bits per heavy atom. The van der Waals surface area contributed by atoms with Gasteiger partial charge in [-0.1, -0.05) is 60.7 Å². The first-order chi connectivity index (χ1) is 16.2. The van der Waals surface area contributed by atoms with E-state index in [2.05, 4.69) is 36.4 Å². The van der Waals surface area contributed by atoms with E-state index in [1.807, 2.05) is 54.6 Å². The molecule has 0 fully saturated rings. The van der Waals surface area contributed by atoms with Crippen LogP contribution in [-0.4, -0.2) is 34.2 Å². The summed E-state index contributed by atoms with van der Waals surface area (Å²) in [7, 11) is 6.64. The molecule has 3 aromatic carbocycles. The molecule has 0 saturated heterocycles. The van der Waals surface area contributed by atoms with Crippen LogP contribution in [0, 0.1) is 0 Å². The molecule has 0 unspecified atom stereocenters. The van der Waals surface area contributed by atoms with E-state index in [0.29, 0.717) is 23.0 Å². The molecule has 3 aromatic rings. The zero-order valence-electron chi connectivity index (χ0n) is 19.3. The number of allylic oxidation sites excluding steroid dienone is 4. The van der Waals surface area contributed by atoms with E-state index in [1.165, 1.54) is 0 Å². The molecule has 4 heteroatoms. The minimum atomic E-state index is 0.699. The van der Waals surface area contributed by atoms with Gasteiger partial charge < -0.3 is 14.2 Å². The first-order valence-electron chi connectivity index (χ1n) is 10.7. The molecule has 0 saturated carbocycles. The number of ketones is 1. The molecule has 1 aliphatic rings. The van der Waals surface area contributed by atoms with Crippen molar-refractivity contribution in [2.24, 2.45) is 0 Å². The third-order valence-electron chi connectivity index (χ3n) is 5.64. The van der Waals surface area contributed by atoms with Gasteiger partial charge in [0.2, 0.25) is 0 Å². The lowest BCUT2D eigenvalue weighted by Gasteiger charge is -2.20. The Bertz CT molecular complexity index is 1220. The predicted molar refractivity (Wildman–Crippen MR) is 133 cm³/mol. The quantitative estimate of drug-likeness (QED) is 0.349. The maximum Gasteiger partial charge on any atom is 0.354 e. The summed E-state index contributed by atoms with van der Waals surface area (Å²) < 4.78 is 23.1. The molecular weight excluding hydrogens is 412 g/mol. The Kier molecular flexibility index (Phi) is 6.75. The average Bonchev–Trinajstić information content (AvgIpc) is 2.89. The van der Waals surface area contributed by atoms with E-state index in [-0.39, 0.29) is 0 Å². The zero-order valence-corrected chi connectivity index (χ0v) is 19.3. The highest BCUT2D eigenvalue weighted by molar-refractivity contribution is 6.16. The van der Waals surface area contributed by atoms with E-state index in [4.69, 9.17) is 18.6 Å². The normalized spacial score (nSPS) is 15.8. The predicted octanol–water partition coefficient (Wildman–Crippen LogP) is 6.01. The molecule has 0 spiro atoms. The highest BCUT2D eigenvalue weighted by Crippen LogP contribution is 2.42. The van der Waals surface area contributed by atoms with Gasteiger partial charge in [0.1, 0.15) is 22.8 Å². The molecule has 0 amide bonds. The second kappa shape index (κ2) is 10.0. The van der Waals surface area contributed by atoms with Crippen LogP contribution in [0.25, 0.3) is 16.7 Å². The Hall–Kier alpha value is -4.05. The molecule has 4 rings (SSSR count). The minimum absolute atomic E-state index is 0.699. The second-order valence-corrected chi connectivity index (χ2v) is 7.39. The summed E-state index contributed by atoms with van der Waals surface area (Å²) in [5.74, 6) is 2.79. The maximum atomic E-state index is 5.77. The van der Waals surface area contributed by atoms with E-state index in [1.54, 1.807) is 28.4 Å². The highest BCUT2D eigenvalue weighted by atomic mass is 16.5. The minimum Gasteiger partial charge on any atom is -0.496 e. The van der Waals surface area contributed by atoms with Crippen molar-refractivity contribution in [1.29, 1.82) is 0 Å². The molecule has 0 bridgehead atoms. The van der Waals surface area contributed by atoms with Crippen molar-refractivity contribution >= 4 is 11.4 Å². The third kappa shape index (κ3) is 4.33. The lowest BCUT2D eigenvalue weighted by atomic mass is 9.86. The van der Waals surface area contributed by atoms with Crippen LogP contribution in [-0.2, 0) is 9.16 Å². The van der Waals surface area contributed by atoms with Crippen LogP contribution in [0.4, 0.5) is 0 Å². The Morgan fingerprint density at radius 1 is 0.697 bits per heavy atom. The van der Waals surface area contributed by atoms with E-state index >= 15 is 0 Å². The van der Waals surface area contributed by atoms with Crippen LogP contribution >= 0.6 is 0 Å². The van der Waals surface area contributed by atoms with Gasteiger partial charge in [0.15, 0.2) is 0 Å². The van der Waals surface area contributed by atoms with Gasteiger partial charge in [0.05, 0.1) is 26.9 Å². The fourth-order valence-corrected chi connectivity index (χ4v) is 4.07. The molecule has 166 valence electrons. The first-order valence-corrected chi connectivity index (χ1v) is 10.7. The van der Waals surface area contributed by atoms with Crippen molar-refractivity contribution in [1.82, 2.24) is 0 Å². The first kappa shape index (κ1) is 22.2. The molecule has 0 heterocycles. The topological polar surface area (TPSA) is 39.0 Å². The van der Waals surface area contributed by atoms with Gasteiger partial charge in [-0.05, 0) is 41.0 Å². The zero-order chi connectivity index (χ0) is 23.2. The van der Waals surface area contributed by atoms with Gasteiger partial charge in [-0.3, -0.25) is 4.42 Å². The number of ether oxygens (including phenoxy) is 3. The molecule has 0 N–H and O–H groups in total. The molecule has 0 radical (unpaired) electrons. The number of methoxy groups -OCH3 is 3. The summed E-state index contributed by atoms with van der Waals surface area (Å²) in [5.41, 5.74) is 5.85. The summed E-state index contributed by atoms with van der Waals surface area (Å²) in [6.45, 7) is 0. The summed E-state index contributed by atoms with van der Waals surface area (Å²) in [6.07, 6.45) is 5.77. The molecule has 33 heavy (non-hydrogen) atoms. The van der Waals surface area contributed by atoms with E-state index < -0.39 is 0 Å². The molecule has 0 aromatic heterocycles. The van der Waals surface area contributed by atoms with Crippen molar-refractivity contribution in [3.63, 3.8) is 0 Å². The maximum absolute atomic E-state index is 5.77. The van der Waals surface area contributed by atoms with Gasteiger partial charge in [-0.15, -0.1) is 0 Å². The fraction of sp³-hybridized carbons (Fsp3) is 0.138. The molecule has 4 nitrogen and oxygen atoms in total. The monoisotopic (exact) mass is 439 g/mol. The van der Waals surface area contributed by atoms with E-state index in [0.717, 1.165) is 33.4 Å². The lowest BCUT2D eigenvalue weighted by Crippen LogP contribution is -2.13.